The van der Waals surface area contributed by atoms with E-state index in [0.29, 0.717) is 0 Å². The van der Waals surface area contributed by atoms with E-state index in [0.717, 1.165) is 22.3 Å². The van der Waals surface area contributed by atoms with Gasteiger partial charge in [-0.05, 0) is 31.7 Å². The van der Waals surface area contributed by atoms with E-state index < -0.39 is 6.10 Å². The summed E-state index contributed by atoms with van der Waals surface area (Å²) in [5, 5.41) is 10.6. The zero-order valence-corrected chi connectivity index (χ0v) is 10.5. The van der Waals surface area contributed by atoms with Crippen LogP contribution in [0, 0.1) is 5.92 Å². The lowest BCUT2D eigenvalue weighted by atomic mass is 10.1. The molecule has 1 fully saturated rings. The second kappa shape index (κ2) is 5.69. The average molecular weight is 237 g/mol. The predicted octanol–water partition coefficient (Wildman–Crippen LogP) is 3.42. The molecule has 3 heteroatoms. The van der Waals surface area contributed by atoms with Crippen molar-refractivity contribution >= 4 is 11.8 Å². The lowest BCUT2D eigenvalue weighted by Crippen LogP contribution is -2.00. The molecule has 1 aromatic rings. The van der Waals surface area contributed by atoms with Gasteiger partial charge in [-0.1, -0.05) is 18.9 Å². The summed E-state index contributed by atoms with van der Waals surface area (Å²) in [6.45, 7) is 1.80. The Morgan fingerprint density at radius 3 is 2.94 bits per heavy atom. The molecule has 2 rings (SSSR count). The van der Waals surface area contributed by atoms with Crippen molar-refractivity contribution in [1.29, 1.82) is 0 Å². The summed E-state index contributed by atoms with van der Waals surface area (Å²) < 4.78 is 0. The summed E-state index contributed by atoms with van der Waals surface area (Å²) in [5.41, 5.74) is 0.963. The molecule has 0 bridgehead atoms. The summed E-state index contributed by atoms with van der Waals surface area (Å²) in [7, 11) is 0. The molecule has 0 spiro atoms. The Morgan fingerprint density at radius 2 is 2.25 bits per heavy atom. The summed E-state index contributed by atoms with van der Waals surface area (Å²) in [6.07, 6.45) is 6.89. The second-order valence-corrected chi connectivity index (χ2v) is 5.54. The van der Waals surface area contributed by atoms with Crippen molar-refractivity contribution in [2.24, 2.45) is 5.92 Å². The van der Waals surface area contributed by atoms with Gasteiger partial charge >= 0.3 is 0 Å². The third-order valence-electron chi connectivity index (χ3n) is 3.18. The highest BCUT2D eigenvalue weighted by Crippen LogP contribution is 2.32. The molecule has 1 atom stereocenters. The molecule has 1 saturated carbocycles. The van der Waals surface area contributed by atoms with Crippen LogP contribution in [0.1, 0.15) is 44.3 Å². The maximum atomic E-state index is 9.64. The second-order valence-electron chi connectivity index (χ2n) is 4.54. The molecule has 1 aliphatic rings. The SMILES string of the molecule is CC(O)c1cccnc1SCC1CCCC1. The number of aromatic nitrogens is 1. The van der Waals surface area contributed by atoms with Gasteiger partial charge in [0.1, 0.15) is 5.03 Å². The van der Waals surface area contributed by atoms with Gasteiger partial charge in [0.25, 0.3) is 0 Å². The molecule has 1 heterocycles. The molecule has 88 valence electrons. The Bertz CT molecular complexity index is 334. The van der Waals surface area contributed by atoms with E-state index in [1.54, 1.807) is 18.7 Å². The Kier molecular flexibility index (Phi) is 4.24. The van der Waals surface area contributed by atoms with Crippen LogP contribution in [0.2, 0.25) is 0 Å². The number of nitrogens with zero attached hydrogens (tertiary/aromatic N) is 1. The number of hydrogen-bond acceptors (Lipinski definition) is 3. The van der Waals surface area contributed by atoms with Crippen LogP contribution in [-0.4, -0.2) is 15.8 Å². The molecule has 0 aromatic carbocycles. The first-order chi connectivity index (χ1) is 7.77. The lowest BCUT2D eigenvalue weighted by molar-refractivity contribution is 0.195. The largest absolute Gasteiger partial charge is 0.389 e. The van der Waals surface area contributed by atoms with Gasteiger partial charge in [-0.25, -0.2) is 4.98 Å². The van der Waals surface area contributed by atoms with Crippen LogP contribution in [0.4, 0.5) is 0 Å². The van der Waals surface area contributed by atoms with Crippen LogP contribution in [0.25, 0.3) is 0 Å². The fraction of sp³-hybridized carbons (Fsp3) is 0.615. The molecule has 2 nitrogen and oxygen atoms in total. The maximum Gasteiger partial charge on any atom is 0.102 e. The van der Waals surface area contributed by atoms with E-state index in [2.05, 4.69) is 4.98 Å². The fourth-order valence-electron chi connectivity index (χ4n) is 2.22. The standard InChI is InChI=1S/C13H19NOS/c1-10(15)12-7-4-8-14-13(12)16-9-11-5-2-3-6-11/h4,7-8,10-11,15H,2-3,5-6,9H2,1H3. The lowest BCUT2D eigenvalue weighted by Gasteiger charge is -2.12. The monoisotopic (exact) mass is 237 g/mol. The number of aliphatic hydroxyl groups excluding tert-OH is 1. The van der Waals surface area contributed by atoms with Gasteiger partial charge in [0.15, 0.2) is 0 Å². The van der Waals surface area contributed by atoms with Crippen molar-refractivity contribution in [2.75, 3.05) is 5.75 Å². The Morgan fingerprint density at radius 1 is 1.50 bits per heavy atom. The molecule has 1 N–H and O–H groups in total. The zero-order chi connectivity index (χ0) is 11.4. The van der Waals surface area contributed by atoms with Crippen molar-refractivity contribution in [3.8, 4) is 0 Å². The fourth-order valence-corrected chi connectivity index (χ4v) is 3.48. The van der Waals surface area contributed by atoms with Crippen LogP contribution in [0.15, 0.2) is 23.4 Å². The van der Waals surface area contributed by atoms with E-state index in [-0.39, 0.29) is 0 Å². The summed E-state index contributed by atoms with van der Waals surface area (Å²) in [6, 6.07) is 3.86. The van der Waals surface area contributed by atoms with Crippen molar-refractivity contribution in [3.63, 3.8) is 0 Å². The number of thioether (sulfide) groups is 1. The van der Waals surface area contributed by atoms with Crippen LogP contribution in [-0.2, 0) is 0 Å². The highest BCUT2D eigenvalue weighted by atomic mass is 32.2. The molecule has 16 heavy (non-hydrogen) atoms. The highest BCUT2D eigenvalue weighted by Gasteiger charge is 2.17. The molecule has 0 saturated heterocycles. The van der Waals surface area contributed by atoms with E-state index in [4.69, 9.17) is 0 Å². The van der Waals surface area contributed by atoms with E-state index in [1.165, 1.54) is 25.7 Å². The molecule has 1 aromatic heterocycles. The Labute approximate surface area is 101 Å². The van der Waals surface area contributed by atoms with E-state index in [9.17, 15) is 5.11 Å². The van der Waals surface area contributed by atoms with Crippen LogP contribution < -0.4 is 0 Å². The molecule has 1 aliphatic carbocycles. The maximum absolute atomic E-state index is 9.64. The molecule has 0 amide bonds. The minimum Gasteiger partial charge on any atom is -0.389 e. The predicted molar refractivity (Wildman–Crippen MR) is 67.6 cm³/mol. The first kappa shape index (κ1) is 11.9. The van der Waals surface area contributed by atoms with Gasteiger partial charge < -0.3 is 5.11 Å². The van der Waals surface area contributed by atoms with Gasteiger partial charge in [-0.3, -0.25) is 0 Å². The highest BCUT2D eigenvalue weighted by molar-refractivity contribution is 7.99. The first-order valence-electron chi connectivity index (χ1n) is 6.03. The normalized spacial score (nSPS) is 18.9. The Balaban J connectivity index is 1.97. The Hall–Kier alpha value is -0.540. The summed E-state index contributed by atoms with van der Waals surface area (Å²) in [4.78, 5) is 4.36. The van der Waals surface area contributed by atoms with Crippen LogP contribution >= 0.6 is 11.8 Å². The van der Waals surface area contributed by atoms with Gasteiger partial charge in [0.05, 0.1) is 6.10 Å². The van der Waals surface area contributed by atoms with Crippen molar-refractivity contribution < 1.29 is 5.11 Å². The number of rotatable bonds is 4. The van der Waals surface area contributed by atoms with Gasteiger partial charge in [-0.2, -0.15) is 0 Å². The molecule has 0 aliphatic heterocycles. The zero-order valence-electron chi connectivity index (χ0n) is 9.72. The minimum absolute atomic E-state index is 0.417. The van der Waals surface area contributed by atoms with Crippen LogP contribution in [0.3, 0.4) is 0 Å². The molecule has 0 radical (unpaired) electrons. The average Bonchev–Trinajstić information content (AvgIpc) is 2.79. The van der Waals surface area contributed by atoms with Crippen molar-refractivity contribution in [1.82, 2.24) is 4.98 Å². The first-order valence-corrected chi connectivity index (χ1v) is 7.01. The number of hydrogen-bond donors (Lipinski definition) is 1. The van der Waals surface area contributed by atoms with Crippen molar-refractivity contribution in [3.05, 3.63) is 23.9 Å². The molecular formula is C13H19NOS. The van der Waals surface area contributed by atoms with Gasteiger partial charge in [-0.15, -0.1) is 11.8 Å². The topological polar surface area (TPSA) is 33.1 Å². The van der Waals surface area contributed by atoms with Gasteiger partial charge in [0, 0.05) is 17.5 Å². The third-order valence-corrected chi connectivity index (χ3v) is 4.43. The van der Waals surface area contributed by atoms with Crippen LogP contribution in [0.5, 0.6) is 0 Å². The van der Waals surface area contributed by atoms with E-state index >= 15 is 0 Å². The quantitative estimate of drug-likeness (QED) is 0.815. The number of aliphatic hydroxyl groups is 1. The van der Waals surface area contributed by atoms with Crippen molar-refractivity contribution in [2.45, 2.75) is 43.7 Å². The third kappa shape index (κ3) is 2.98. The summed E-state index contributed by atoms with van der Waals surface area (Å²) in [5.74, 6) is 2.00. The van der Waals surface area contributed by atoms with E-state index in [1.807, 2.05) is 18.3 Å². The summed E-state index contributed by atoms with van der Waals surface area (Å²) >= 11 is 1.80. The molecular weight excluding hydrogens is 218 g/mol. The molecule has 1 unspecified atom stereocenters. The smallest absolute Gasteiger partial charge is 0.102 e. The van der Waals surface area contributed by atoms with Gasteiger partial charge in [0.2, 0.25) is 0 Å². The minimum atomic E-state index is -0.417. The number of pyridine rings is 1.